The molecule has 0 amide bonds. The van der Waals surface area contributed by atoms with E-state index in [0.29, 0.717) is 0 Å². The lowest BCUT2D eigenvalue weighted by Gasteiger charge is -2.08. The van der Waals surface area contributed by atoms with Gasteiger partial charge in [0, 0.05) is 5.56 Å². The molecule has 3 nitrogen and oxygen atoms in total. The molecule has 1 rings (SSSR count). The van der Waals surface area contributed by atoms with Crippen LogP contribution in [-0.4, -0.2) is 17.7 Å². The molecule has 0 heterocycles. The largest absolute Gasteiger partial charge is 0.507 e. The number of phenolic OH excluding ortho intramolecular Hbond substituents is 1. The summed E-state index contributed by atoms with van der Waals surface area (Å²) in [5.41, 5.74) is -0.861. The highest BCUT2D eigenvalue weighted by Gasteiger charge is 2.30. The quantitative estimate of drug-likeness (QED) is 0.856. The molecule has 0 saturated heterocycles. The maximum Gasteiger partial charge on any atom is 0.416 e. The highest BCUT2D eigenvalue weighted by atomic mass is 19.4. The number of alkyl halides is 3. The minimum absolute atomic E-state index is 0.000812. The number of hydrogen-bond acceptors (Lipinski definition) is 3. The molecule has 19 heavy (non-hydrogen) atoms. The summed E-state index contributed by atoms with van der Waals surface area (Å²) in [6.07, 6.45) is -1.95. The van der Waals surface area contributed by atoms with Gasteiger partial charge in [0.05, 0.1) is 18.6 Å². The van der Waals surface area contributed by atoms with E-state index in [-0.39, 0.29) is 24.3 Å². The monoisotopic (exact) mass is 274 g/mol. The number of ether oxygens (including phenoxy) is 1. The van der Waals surface area contributed by atoms with E-state index >= 15 is 0 Å². The fraction of sp³-hybridized carbons (Fsp3) is 0.308. The molecule has 0 unspecified atom stereocenters. The molecule has 0 aromatic heterocycles. The van der Waals surface area contributed by atoms with Gasteiger partial charge in [-0.3, -0.25) is 4.79 Å². The van der Waals surface area contributed by atoms with Crippen molar-refractivity contribution in [3.05, 3.63) is 35.4 Å². The first-order chi connectivity index (χ1) is 8.84. The van der Waals surface area contributed by atoms with Crippen molar-refractivity contribution in [1.82, 2.24) is 0 Å². The van der Waals surface area contributed by atoms with Crippen LogP contribution in [0.1, 0.15) is 24.5 Å². The van der Waals surface area contributed by atoms with E-state index in [9.17, 15) is 23.1 Å². The van der Waals surface area contributed by atoms with Gasteiger partial charge in [-0.05, 0) is 25.1 Å². The maximum absolute atomic E-state index is 12.5. The Balaban J connectivity index is 2.83. The molecular weight excluding hydrogens is 261 g/mol. The average Bonchev–Trinajstić information content (AvgIpc) is 2.30. The van der Waals surface area contributed by atoms with Gasteiger partial charge in [-0.1, -0.05) is 12.2 Å². The summed E-state index contributed by atoms with van der Waals surface area (Å²) in [7, 11) is 0. The molecule has 0 spiro atoms. The summed E-state index contributed by atoms with van der Waals surface area (Å²) in [4.78, 5) is 11.0. The molecular formula is C13H13F3O3. The van der Waals surface area contributed by atoms with E-state index < -0.39 is 17.7 Å². The minimum Gasteiger partial charge on any atom is -0.507 e. The molecule has 1 aromatic carbocycles. The van der Waals surface area contributed by atoms with E-state index in [4.69, 9.17) is 0 Å². The zero-order valence-corrected chi connectivity index (χ0v) is 10.2. The Hall–Kier alpha value is -1.98. The number of halogens is 3. The predicted octanol–water partition coefficient (Wildman–Crippen LogP) is 3.38. The summed E-state index contributed by atoms with van der Waals surface area (Å²) >= 11 is 0. The Kier molecular flexibility index (Phi) is 4.97. The lowest BCUT2D eigenvalue weighted by Crippen LogP contribution is -2.04. The third kappa shape index (κ3) is 4.65. The van der Waals surface area contributed by atoms with Crippen LogP contribution in [0.25, 0.3) is 6.08 Å². The molecule has 1 N–H and O–H groups in total. The minimum atomic E-state index is -4.47. The van der Waals surface area contributed by atoms with Crippen molar-refractivity contribution >= 4 is 12.0 Å². The van der Waals surface area contributed by atoms with Crippen LogP contribution >= 0.6 is 0 Å². The van der Waals surface area contributed by atoms with Crippen LogP contribution < -0.4 is 0 Å². The topological polar surface area (TPSA) is 46.5 Å². The van der Waals surface area contributed by atoms with Crippen LogP contribution in [0, 0.1) is 0 Å². The Bertz CT molecular complexity index is 479. The Labute approximate surface area is 108 Å². The lowest BCUT2D eigenvalue weighted by atomic mass is 10.1. The predicted molar refractivity (Wildman–Crippen MR) is 63.4 cm³/mol. The van der Waals surface area contributed by atoms with Crippen LogP contribution in [0.5, 0.6) is 5.75 Å². The van der Waals surface area contributed by atoms with Crippen LogP contribution in [0.2, 0.25) is 0 Å². The van der Waals surface area contributed by atoms with Crippen molar-refractivity contribution in [2.45, 2.75) is 19.5 Å². The first kappa shape index (κ1) is 15.1. The molecule has 0 bridgehead atoms. The van der Waals surface area contributed by atoms with E-state index in [2.05, 4.69) is 4.74 Å². The SMILES string of the molecule is CCOC(=O)CC=Cc1cc(C(F)(F)F)ccc1O. The van der Waals surface area contributed by atoms with Gasteiger partial charge in [0.15, 0.2) is 0 Å². The van der Waals surface area contributed by atoms with Crippen molar-refractivity contribution < 1.29 is 27.8 Å². The van der Waals surface area contributed by atoms with Gasteiger partial charge in [0.2, 0.25) is 0 Å². The number of aromatic hydroxyl groups is 1. The number of esters is 1. The van der Waals surface area contributed by atoms with Gasteiger partial charge in [-0.15, -0.1) is 0 Å². The number of carbonyl (C=O) groups is 1. The average molecular weight is 274 g/mol. The molecule has 0 radical (unpaired) electrons. The lowest BCUT2D eigenvalue weighted by molar-refractivity contribution is -0.142. The van der Waals surface area contributed by atoms with E-state index in [0.717, 1.165) is 18.2 Å². The Morgan fingerprint density at radius 3 is 2.68 bits per heavy atom. The Morgan fingerprint density at radius 2 is 2.11 bits per heavy atom. The molecule has 0 saturated carbocycles. The van der Waals surface area contributed by atoms with E-state index in [1.165, 1.54) is 12.2 Å². The van der Waals surface area contributed by atoms with Crippen LogP contribution in [0.3, 0.4) is 0 Å². The molecule has 0 aliphatic heterocycles. The first-order valence-corrected chi connectivity index (χ1v) is 5.57. The molecule has 0 fully saturated rings. The zero-order valence-electron chi connectivity index (χ0n) is 10.2. The molecule has 0 aliphatic rings. The number of hydrogen-bond donors (Lipinski definition) is 1. The van der Waals surface area contributed by atoms with Gasteiger partial charge in [0.1, 0.15) is 5.75 Å². The molecule has 1 aromatic rings. The molecule has 6 heteroatoms. The third-order valence-electron chi connectivity index (χ3n) is 2.24. The van der Waals surface area contributed by atoms with E-state index in [1.807, 2.05) is 0 Å². The highest BCUT2D eigenvalue weighted by molar-refractivity contribution is 5.73. The number of benzene rings is 1. The summed E-state index contributed by atoms with van der Waals surface area (Å²) < 4.78 is 42.1. The summed E-state index contributed by atoms with van der Waals surface area (Å²) in [5.74, 6) is -0.765. The van der Waals surface area contributed by atoms with Gasteiger partial charge in [-0.25, -0.2) is 0 Å². The zero-order chi connectivity index (χ0) is 14.5. The van der Waals surface area contributed by atoms with Crippen molar-refractivity contribution in [3.63, 3.8) is 0 Å². The fourth-order valence-corrected chi connectivity index (χ4v) is 1.37. The summed E-state index contributed by atoms with van der Waals surface area (Å²) in [6, 6.07) is 2.57. The molecule has 104 valence electrons. The normalized spacial score (nSPS) is 11.8. The molecule has 0 aliphatic carbocycles. The smallest absolute Gasteiger partial charge is 0.416 e. The summed E-state index contributed by atoms with van der Waals surface area (Å²) in [6.45, 7) is 1.89. The third-order valence-corrected chi connectivity index (χ3v) is 2.24. The van der Waals surface area contributed by atoms with Crippen LogP contribution in [-0.2, 0) is 15.7 Å². The first-order valence-electron chi connectivity index (χ1n) is 5.57. The van der Waals surface area contributed by atoms with Gasteiger partial charge in [0.25, 0.3) is 0 Å². The fourth-order valence-electron chi connectivity index (χ4n) is 1.37. The number of rotatable bonds is 4. The second-order valence-corrected chi connectivity index (χ2v) is 3.68. The van der Waals surface area contributed by atoms with Crippen LogP contribution in [0.15, 0.2) is 24.3 Å². The Morgan fingerprint density at radius 1 is 1.42 bits per heavy atom. The number of carbonyl (C=O) groups excluding carboxylic acids is 1. The van der Waals surface area contributed by atoms with Gasteiger partial charge in [-0.2, -0.15) is 13.2 Å². The van der Waals surface area contributed by atoms with E-state index in [1.54, 1.807) is 6.92 Å². The number of phenols is 1. The second-order valence-electron chi connectivity index (χ2n) is 3.68. The second kappa shape index (κ2) is 6.26. The van der Waals surface area contributed by atoms with Crippen molar-refractivity contribution in [1.29, 1.82) is 0 Å². The van der Waals surface area contributed by atoms with Crippen molar-refractivity contribution in [2.75, 3.05) is 6.61 Å². The van der Waals surface area contributed by atoms with Crippen molar-refractivity contribution in [3.8, 4) is 5.75 Å². The van der Waals surface area contributed by atoms with Gasteiger partial charge >= 0.3 is 12.1 Å². The standard InChI is InChI=1S/C13H13F3O3/c1-2-19-12(18)5-3-4-9-8-10(13(14,15)16)6-7-11(9)17/h3-4,6-8,17H,2,5H2,1H3. The van der Waals surface area contributed by atoms with Crippen molar-refractivity contribution in [2.24, 2.45) is 0 Å². The van der Waals surface area contributed by atoms with Crippen LogP contribution in [0.4, 0.5) is 13.2 Å². The van der Waals surface area contributed by atoms with Gasteiger partial charge < -0.3 is 9.84 Å². The molecule has 0 atom stereocenters. The summed E-state index contributed by atoms with van der Waals surface area (Å²) in [5, 5.41) is 9.43. The highest BCUT2D eigenvalue weighted by Crippen LogP contribution is 2.32. The maximum atomic E-state index is 12.5.